The summed E-state index contributed by atoms with van der Waals surface area (Å²) in [5, 5.41) is 3.74. The van der Waals surface area contributed by atoms with E-state index in [1.807, 2.05) is 6.92 Å². The molecule has 12 heavy (non-hydrogen) atoms. The number of hydrogen-bond donors (Lipinski definition) is 0. The monoisotopic (exact) mass is 168 g/mol. The summed E-state index contributed by atoms with van der Waals surface area (Å²) in [6.07, 6.45) is 0.887. The van der Waals surface area contributed by atoms with Crippen molar-refractivity contribution in [2.45, 2.75) is 34.1 Å². The van der Waals surface area contributed by atoms with Gasteiger partial charge in [0.05, 0.1) is 0 Å². The largest absolute Gasteiger partial charge is 0.339 e. The van der Waals surface area contributed by atoms with E-state index in [1.54, 1.807) is 0 Å². The minimum absolute atomic E-state index is 0.602. The molecule has 1 rings (SSSR count). The highest BCUT2D eigenvalue weighted by Gasteiger charge is 2.11. The van der Waals surface area contributed by atoms with Crippen LogP contribution in [-0.4, -0.2) is 10.1 Å². The molecule has 1 aromatic heterocycles. The van der Waals surface area contributed by atoms with E-state index < -0.39 is 0 Å². The Kier molecular flexibility index (Phi) is 2.84. The Hall–Kier alpha value is -0.860. The summed E-state index contributed by atoms with van der Waals surface area (Å²) < 4.78 is 5.02. The first-order valence-electron chi connectivity index (χ1n) is 4.38. The minimum Gasteiger partial charge on any atom is -0.339 e. The van der Waals surface area contributed by atoms with Crippen LogP contribution in [0.4, 0.5) is 0 Å². The van der Waals surface area contributed by atoms with Crippen molar-refractivity contribution in [1.82, 2.24) is 10.1 Å². The molecule has 1 aromatic rings. The van der Waals surface area contributed by atoms with Crippen LogP contribution in [0.15, 0.2) is 4.52 Å². The molecule has 0 aliphatic rings. The Morgan fingerprint density at radius 2 is 2.00 bits per heavy atom. The van der Waals surface area contributed by atoms with Gasteiger partial charge in [0.2, 0.25) is 5.89 Å². The second-order valence-corrected chi connectivity index (χ2v) is 3.66. The Morgan fingerprint density at radius 1 is 1.33 bits per heavy atom. The lowest BCUT2D eigenvalue weighted by Crippen LogP contribution is -2.07. The number of rotatable bonds is 3. The average Bonchev–Trinajstić information content (AvgIpc) is 2.35. The first-order valence-corrected chi connectivity index (χ1v) is 4.38. The third kappa shape index (κ3) is 2.32. The van der Waals surface area contributed by atoms with Gasteiger partial charge in [-0.25, -0.2) is 0 Å². The SMILES string of the molecule is Cc1noc(CC(C)C(C)C)n1. The van der Waals surface area contributed by atoms with Gasteiger partial charge in [-0.15, -0.1) is 0 Å². The van der Waals surface area contributed by atoms with Crippen molar-refractivity contribution >= 4 is 0 Å². The molecule has 0 N–H and O–H groups in total. The van der Waals surface area contributed by atoms with Crippen LogP contribution in [0, 0.1) is 18.8 Å². The Balaban J connectivity index is 2.52. The van der Waals surface area contributed by atoms with E-state index in [2.05, 4.69) is 30.9 Å². The zero-order valence-corrected chi connectivity index (χ0v) is 8.16. The van der Waals surface area contributed by atoms with Crippen molar-refractivity contribution in [3.8, 4) is 0 Å². The van der Waals surface area contributed by atoms with Crippen molar-refractivity contribution in [2.75, 3.05) is 0 Å². The highest BCUT2D eigenvalue weighted by molar-refractivity contribution is 4.84. The Morgan fingerprint density at radius 3 is 2.42 bits per heavy atom. The molecule has 0 spiro atoms. The van der Waals surface area contributed by atoms with E-state index in [9.17, 15) is 0 Å². The smallest absolute Gasteiger partial charge is 0.226 e. The van der Waals surface area contributed by atoms with Crippen molar-refractivity contribution < 1.29 is 4.52 Å². The molecule has 1 heterocycles. The molecule has 68 valence electrons. The van der Waals surface area contributed by atoms with Gasteiger partial charge >= 0.3 is 0 Å². The summed E-state index contributed by atoms with van der Waals surface area (Å²) in [5.41, 5.74) is 0. The molecule has 0 aromatic carbocycles. The first-order chi connectivity index (χ1) is 5.59. The van der Waals surface area contributed by atoms with E-state index in [4.69, 9.17) is 4.52 Å². The average molecular weight is 168 g/mol. The maximum absolute atomic E-state index is 5.02. The number of aromatic nitrogens is 2. The van der Waals surface area contributed by atoms with Gasteiger partial charge in [0.1, 0.15) is 0 Å². The van der Waals surface area contributed by atoms with Gasteiger partial charge < -0.3 is 4.52 Å². The van der Waals surface area contributed by atoms with Gasteiger partial charge in [-0.1, -0.05) is 25.9 Å². The van der Waals surface area contributed by atoms with Gasteiger partial charge in [0, 0.05) is 6.42 Å². The Labute approximate surface area is 73.2 Å². The zero-order valence-electron chi connectivity index (χ0n) is 8.16. The van der Waals surface area contributed by atoms with Crippen LogP contribution in [0.3, 0.4) is 0 Å². The number of hydrogen-bond acceptors (Lipinski definition) is 3. The normalized spacial score (nSPS) is 13.8. The topological polar surface area (TPSA) is 38.9 Å². The molecular formula is C9H16N2O. The lowest BCUT2D eigenvalue weighted by molar-refractivity contribution is 0.326. The predicted molar refractivity (Wildman–Crippen MR) is 46.7 cm³/mol. The van der Waals surface area contributed by atoms with Gasteiger partial charge in [0.15, 0.2) is 5.82 Å². The second-order valence-electron chi connectivity index (χ2n) is 3.66. The fourth-order valence-corrected chi connectivity index (χ4v) is 0.934. The summed E-state index contributed by atoms with van der Waals surface area (Å²) >= 11 is 0. The van der Waals surface area contributed by atoms with E-state index in [-0.39, 0.29) is 0 Å². The molecule has 1 unspecified atom stereocenters. The van der Waals surface area contributed by atoms with Crippen molar-refractivity contribution in [3.05, 3.63) is 11.7 Å². The van der Waals surface area contributed by atoms with Crippen LogP contribution in [0.5, 0.6) is 0 Å². The van der Waals surface area contributed by atoms with E-state index in [1.165, 1.54) is 0 Å². The second kappa shape index (κ2) is 3.70. The quantitative estimate of drug-likeness (QED) is 0.694. The molecule has 0 saturated heterocycles. The highest BCUT2D eigenvalue weighted by Crippen LogP contribution is 2.14. The fourth-order valence-electron chi connectivity index (χ4n) is 0.934. The van der Waals surface area contributed by atoms with Crippen LogP contribution in [0.25, 0.3) is 0 Å². The van der Waals surface area contributed by atoms with Crippen LogP contribution in [0.1, 0.15) is 32.5 Å². The maximum Gasteiger partial charge on any atom is 0.226 e. The number of aryl methyl sites for hydroxylation is 1. The molecule has 0 aliphatic carbocycles. The van der Waals surface area contributed by atoms with Crippen LogP contribution >= 0.6 is 0 Å². The summed E-state index contributed by atoms with van der Waals surface area (Å²) in [6, 6.07) is 0. The molecule has 0 bridgehead atoms. The molecule has 0 aliphatic heterocycles. The molecule has 3 heteroatoms. The van der Waals surface area contributed by atoms with Crippen molar-refractivity contribution in [3.63, 3.8) is 0 Å². The first kappa shape index (κ1) is 9.23. The van der Waals surface area contributed by atoms with Gasteiger partial charge in [0.25, 0.3) is 0 Å². The van der Waals surface area contributed by atoms with Crippen LogP contribution in [0.2, 0.25) is 0 Å². The summed E-state index contributed by atoms with van der Waals surface area (Å²) in [5.74, 6) is 2.75. The lowest BCUT2D eigenvalue weighted by atomic mass is 9.95. The maximum atomic E-state index is 5.02. The van der Waals surface area contributed by atoms with Crippen molar-refractivity contribution in [1.29, 1.82) is 0 Å². The van der Waals surface area contributed by atoms with Gasteiger partial charge in [-0.2, -0.15) is 4.98 Å². The fraction of sp³-hybridized carbons (Fsp3) is 0.778. The third-order valence-corrected chi connectivity index (χ3v) is 2.20. The van der Waals surface area contributed by atoms with Crippen LogP contribution < -0.4 is 0 Å². The van der Waals surface area contributed by atoms with E-state index >= 15 is 0 Å². The van der Waals surface area contributed by atoms with E-state index in [0.29, 0.717) is 11.8 Å². The summed E-state index contributed by atoms with van der Waals surface area (Å²) in [6.45, 7) is 8.44. The highest BCUT2D eigenvalue weighted by atomic mass is 16.5. The summed E-state index contributed by atoms with van der Waals surface area (Å²) in [4.78, 5) is 4.16. The minimum atomic E-state index is 0.602. The standard InChI is InChI=1S/C9H16N2O/c1-6(2)7(3)5-9-10-8(4)11-12-9/h6-7H,5H2,1-4H3. The third-order valence-electron chi connectivity index (χ3n) is 2.20. The van der Waals surface area contributed by atoms with E-state index in [0.717, 1.165) is 18.1 Å². The summed E-state index contributed by atoms with van der Waals surface area (Å²) in [7, 11) is 0. The zero-order chi connectivity index (χ0) is 9.14. The lowest BCUT2D eigenvalue weighted by Gasteiger charge is -2.11. The predicted octanol–water partition coefficient (Wildman–Crippen LogP) is 2.21. The molecule has 0 fully saturated rings. The van der Waals surface area contributed by atoms with Gasteiger partial charge in [-0.3, -0.25) is 0 Å². The molecule has 0 radical (unpaired) electrons. The molecule has 0 saturated carbocycles. The van der Waals surface area contributed by atoms with Crippen LogP contribution in [-0.2, 0) is 6.42 Å². The number of nitrogens with zero attached hydrogens (tertiary/aromatic N) is 2. The Bertz CT molecular complexity index is 242. The molecule has 3 nitrogen and oxygen atoms in total. The van der Waals surface area contributed by atoms with Gasteiger partial charge in [-0.05, 0) is 18.8 Å². The molecule has 0 amide bonds. The van der Waals surface area contributed by atoms with Crippen molar-refractivity contribution in [2.24, 2.45) is 11.8 Å². The molecule has 1 atom stereocenters. The molecular weight excluding hydrogens is 152 g/mol.